The molecule has 0 saturated carbocycles. The predicted molar refractivity (Wildman–Crippen MR) is 74.6 cm³/mol. The van der Waals surface area contributed by atoms with Gasteiger partial charge in [-0.25, -0.2) is 4.39 Å². The van der Waals surface area contributed by atoms with Crippen molar-refractivity contribution in [2.75, 3.05) is 11.9 Å². The Morgan fingerprint density at radius 2 is 2.21 bits per heavy atom. The molecule has 0 aromatic heterocycles. The lowest BCUT2D eigenvalue weighted by atomic mass is 9.77. The van der Waals surface area contributed by atoms with Crippen LogP contribution in [0.1, 0.15) is 32.3 Å². The number of rotatable bonds is 2. The van der Waals surface area contributed by atoms with Gasteiger partial charge in [-0.2, -0.15) is 0 Å². The number of carbonyl (C=O) groups excluding carboxylic acids is 1. The fourth-order valence-corrected chi connectivity index (χ4v) is 2.60. The normalized spacial score (nSPS) is 22.0. The monoisotopic (exact) mass is 264 g/mol. The minimum atomic E-state index is -0.255. The van der Waals surface area contributed by atoms with E-state index in [1.165, 1.54) is 6.07 Å². The van der Waals surface area contributed by atoms with Crippen LogP contribution in [0.25, 0.3) is 0 Å². The molecular formula is C15H21FN2O. The third-order valence-electron chi connectivity index (χ3n) is 3.82. The topological polar surface area (TPSA) is 41.1 Å². The second-order valence-corrected chi connectivity index (χ2v) is 5.93. The Morgan fingerprint density at radius 1 is 1.47 bits per heavy atom. The first kappa shape index (κ1) is 14.0. The molecule has 1 aliphatic rings. The molecule has 1 aromatic rings. The van der Waals surface area contributed by atoms with Crippen molar-refractivity contribution >= 4 is 11.6 Å². The SMILES string of the molecule is Cc1cc(NC(=O)C2NCCCC2(C)C)ccc1F. The van der Waals surface area contributed by atoms with Crippen LogP contribution in [-0.2, 0) is 4.79 Å². The zero-order chi connectivity index (χ0) is 14.0. The molecule has 3 nitrogen and oxygen atoms in total. The minimum Gasteiger partial charge on any atom is -0.325 e. The highest BCUT2D eigenvalue weighted by atomic mass is 19.1. The van der Waals surface area contributed by atoms with Crippen molar-refractivity contribution in [3.63, 3.8) is 0 Å². The molecule has 1 aliphatic heterocycles. The maximum Gasteiger partial charge on any atom is 0.242 e. The molecule has 1 unspecified atom stereocenters. The smallest absolute Gasteiger partial charge is 0.242 e. The van der Waals surface area contributed by atoms with E-state index < -0.39 is 0 Å². The van der Waals surface area contributed by atoms with Crippen LogP contribution in [0.3, 0.4) is 0 Å². The lowest BCUT2D eigenvalue weighted by Crippen LogP contribution is -2.53. The number of aryl methyl sites for hydroxylation is 1. The average molecular weight is 264 g/mol. The van der Waals surface area contributed by atoms with Crippen LogP contribution in [0.5, 0.6) is 0 Å². The van der Waals surface area contributed by atoms with E-state index in [0.717, 1.165) is 19.4 Å². The number of benzene rings is 1. The molecule has 0 bridgehead atoms. The molecule has 19 heavy (non-hydrogen) atoms. The first-order chi connectivity index (χ1) is 8.90. The zero-order valence-electron chi connectivity index (χ0n) is 11.7. The van der Waals surface area contributed by atoms with E-state index in [4.69, 9.17) is 0 Å². The summed E-state index contributed by atoms with van der Waals surface area (Å²) in [5.41, 5.74) is 1.12. The Bertz CT molecular complexity index is 485. The van der Waals surface area contributed by atoms with E-state index in [9.17, 15) is 9.18 Å². The Hall–Kier alpha value is -1.42. The van der Waals surface area contributed by atoms with Gasteiger partial charge in [-0.15, -0.1) is 0 Å². The van der Waals surface area contributed by atoms with Gasteiger partial charge in [-0.1, -0.05) is 13.8 Å². The van der Waals surface area contributed by atoms with Crippen molar-refractivity contribution in [2.45, 2.75) is 39.7 Å². The third-order valence-corrected chi connectivity index (χ3v) is 3.82. The molecule has 2 rings (SSSR count). The van der Waals surface area contributed by atoms with Gasteiger partial charge in [0, 0.05) is 5.69 Å². The molecule has 1 amide bonds. The number of anilines is 1. The quantitative estimate of drug-likeness (QED) is 0.862. The highest BCUT2D eigenvalue weighted by Gasteiger charge is 2.37. The Balaban J connectivity index is 2.09. The zero-order valence-corrected chi connectivity index (χ0v) is 11.7. The highest BCUT2D eigenvalue weighted by molar-refractivity contribution is 5.95. The molecule has 1 atom stereocenters. The molecule has 1 fully saturated rings. The molecular weight excluding hydrogens is 243 g/mol. The van der Waals surface area contributed by atoms with Crippen molar-refractivity contribution in [3.8, 4) is 0 Å². The van der Waals surface area contributed by atoms with E-state index in [1.54, 1.807) is 19.1 Å². The summed E-state index contributed by atoms with van der Waals surface area (Å²) in [5, 5.41) is 6.14. The van der Waals surface area contributed by atoms with E-state index in [2.05, 4.69) is 24.5 Å². The van der Waals surface area contributed by atoms with Crippen molar-refractivity contribution in [2.24, 2.45) is 5.41 Å². The van der Waals surface area contributed by atoms with Gasteiger partial charge >= 0.3 is 0 Å². The lowest BCUT2D eigenvalue weighted by Gasteiger charge is -2.38. The Kier molecular flexibility index (Phi) is 3.90. The first-order valence-corrected chi connectivity index (χ1v) is 6.70. The molecule has 1 saturated heterocycles. The van der Waals surface area contributed by atoms with Crippen LogP contribution >= 0.6 is 0 Å². The van der Waals surface area contributed by atoms with Crippen molar-refractivity contribution in [1.29, 1.82) is 0 Å². The van der Waals surface area contributed by atoms with Gasteiger partial charge in [0.1, 0.15) is 5.82 Å². The number of halogens is 1. The second-order valence-electron chi connectivity index (χ2n) is 5.93. The van der Waals surface area contributed by atoms with E-state index in [1.807, 2.05) is 0 Å². The fourth-order valence-electron chi connectivity index (χ4n) is 2.60. The summed E-state index contributed by atoms with van der Waals surface area (Å²) in [5.74, 6) is -0.301. The fraction of sp³-hybridized carbons (Fsp3) is 0.533. The summed E-state index contributed by atoms with van der Waals surface area (Å²) in [6, 6.07) is 4.43. The van der Waals surface area contributed by atoms with Crippen LogP contribution in [0.4, 0.5) is 10.1 Å². The van der Waals surface area contributed by atoms with E-state index in [0.29, 0.717) is 11.3 Å². The van der Waals surface area contributed by atoms with Crippen LogP contribution in [0.15, 0.2) is 18.2 Å². The standard InChI is InChI=1S/C15H21FN2O/c1-10-9-11(5-6-12(10)16)18-14(19)13-15(2,3)7-4-8-17-13/h5-6,9,13,17H,4,7-8H2,1-3H3,(H,18,19). The predicted octanol–water partition coefficient (Wildman–Crippen LogP) is 2.85. The summed E-state index contributed by atoms with van der Waals surface area (Å²) in [7, 11) is 0. The lowest BCUT2D eigenvalue weighted by molar-refractivity contribution is -0.121. The number of amides is 1. The Morgan fingerprint density at radius 3 is 2.84 bits per heavy atom. The van der Waals surface area contributed by atoms with Gasteiger partial charge < -0.3 is 10.6 Å². The summed E-state index contributed by atoms with van der Waals surface area (Å²) in [4.78, 5) is 12.3. The number of hydrogen-bond acceptors (Lipinski definition) is 2. The van der Waals surface area contributed by atoms with Crippen molar-refractivity contribution in [1.82, 2.24) is 5.32 Å². The maximum absolute atomic E-state index is 13.2. The molecule has 0 radical (unpaired) electrons. The maximum atomic E-state index is 13.2. The molecule has 1 aromatic carbocycles. The molecule has 4 heteroatoms. The molecule has 2 N–H and O–H groups in total. The number of hydrogen-bond donors (Lipinski definition) is 2. The molecule has 104 valence electrons. The van der Waals surface area contributed by atoms with Gasteiger partial charge in [0.25, 0.3) is 0 Å². The van der Waals surface area contributed by atoms with Crippen molar-refractivity contribution < 1.29 is 9.18 Å². The highest BCUT2D eigenvalue weighted by Crippen LogP contribution is 2.30. The summed E-state index contributed by atoms with van der Waals surface area (Å²) in [6.07, 6.45) is 2.12. The van der Waals surface area contributed by atoms with E-state index in [-0.39, 0.29) is 23.2 Å². The van der Waals surface area contributed by atoms with Gasteiger partial charge in [0.2, 0.25) is 5.91 Å². The van der Waals surface area contributed by atoms with Gasteiger partial charge in [0.05, 0.1) is 6.04 Å². The Labute approximate surface area is 113 Å². The summed E-state index contributed by atoms with van der Waals surface area (Å²) < 4.78 is 13.2. The third kappa shape index (κ3) is 3.13. The van der Waals surface area contributed by atoms with Crippen molar-refractivity contribution in [3.05, 3.63) is 29.6 Å². The average Bonchev–Trinajstić information content (AvgIpc) is 2.33. The van der Waals surface area contributed by atoms with Crippen LogP contribution in [0.2, 0.25) is 0 Å². The molecule has 1 heterocycles. The number of piperidine rings is 1. The molecule has 0 spiro atoms. The summed E-state index contributed by atoms with van der Waals surface area (Å²) >= 11 is 0. The second kappa shape index (κ2) is 5.29. The minimum absolute atomic E-state index is 0.0456. The van der Waals surface area contributed by atoms with Crippen LogP contribution < -0.4 is 10.6 Å². The largest absolute Gasteiger partial charge is 0.325 e. The summed E-state index contributed by atoms with van der Waals surface area (Å²) in [6.45, 7) is 6.75. The van der Waals surface area contributed by atoms with Gasteiger partial charge in [-0.3, -0.25) is 4.79 Å². The van der Waals surface area contributed by atoms with E-state index >= 15 is 0 Å². The number of carbonyl (C=O) groups is 1. The van der Waals surface area contributed by atoms with Crippen LogP contribution in [-0.4, -0.2) is 18.5 Å². The first-order valence-electron chi connectivity index (χ1n) is 6.70. The van der Waals surface area contributed by atoms with Gasteiger partial charge in [-0.05, 0) is 55.5 Å². The van der Waals surface area contributed by atoms with Crippen LogP contribution in [0, 0.1) is 18.2 Å². The number of nitrogens with one attached hydrogen (secondary N) is 2. The van der Waals surface area contributed by atoms with Gasteiger partial charge in [0.15, 0.2) is 0 Å². The molecule has 0 aliphatic carbocycles.